The zero-order valence-corrected chi connectivity index (χ0v) is 20.1. The molecule has 2 N–H and O–H groups in total. The number of benzene rings is 2. The van der Waals surface area contributed by atoms with Gasteiger partial charge in [0.2, 0.25) is 5.95 Å². The van der Waals surface area contributed by atoms with Gasteiger partial charge in [0.1, 0.15) is 18.5 Å². The van der Waals surface area contributed by atoms with Crippen LogP contribution in [-0.2, 0) is 4.74 Å². The van der Waals surface area contributed by atoms with Crippen LogP contribution in [-0.4, -0.2) is 66.8 Å². The molecule has 2 aromatic heterocycles. The maximum Gasteiger partial charge on any atom is 0.227 e. The van der Waals surface area contributed by atoms with Crippen molar-refractivity contribution in [2.45, 2.75) is 6.10 Å². The number of rotatable bonds is 8. The molecule has 3 heterocycles. The average Bonchev–Trinajstić information content (AvgIpc) is 2.89. The Morgan fingerprint density at radius 1 is 1.06 bits per heavy atom. The monoisotopic (exact) mass is 470 g/mol. The Bertz CT molecular complexity index is 1260. The molecule has 0 spiro atoms. The first-order chi connectivity index (χ1) is 17.2. The maximum atomic E-state index is 5.83. The molecule has 0 bridgehead atoms. The van der Waals surface area contributed by atoms with E-state index in [1.165, 1.54) is 0 Å². The van der Waals surface area contributed by atoms with Crippen LogP contribution in [0.25, 0.3) is 22.0 Å². The summed E-state index contributed by atoms with van der Waals surface area (Å²) in [6.45, 7) is 3.89. The van der Waals surface area contributed by atoms with Gasteiger partial charge in [-0.05, 0) is 43.9 Å². The van der Waals surface area contributed by atoms with Crippen LogP contribution in [0, 0.1) is 0 Å². The number of hydrogen-bond acceptors (Lipinski definition) is 8. The molecule has 0 saturated carbocycles. The standard InChI is InChI=1S/C27H30N6O2/c1-33(2)13-15-34-22-9-6-19(7-10-22)23-5-3-4-20-16-30-27(32-26(20)23)31-21-8-11-24(29-17-21)25-18-28-12-14-35-25/h3-11,16-17,25,28H,12-15,18H2,1-2H3,(H,30,31,32). The molecule has 0 aliphatic carbocycles. The summed E-state index contributed by atoms with van der Waals surface area (Å²) in [5.74, 6) is 1.39. The molecule has 1 unspecified atom stereocenters. The van der Waals surface area contributed by atoms with Crippen molar-refractivity contribution in [3.05, 3.63) is 72.7 Å². The third kappa shape index (κ3) is 5.74. The topological polar surface area (TPSA) is 84.4 Å². The molecule has 180 valence electrons. The van der Waals surface area contributed by atoms with Crippen molar-refractivity contribution in [3.63, 3.8) is 0 Å². The first-order valence-electron chi connectivity index (χ1n) is 11.8. The normalized spacial score (nSPS) is 15.9. The highest BCUT2D eigenvalue weighted by atomic mass is 16.5. The highest BCUT2D eigenvalue weighted by Gasteiger charge is 2.16. The number of nitrogens with zero attached hydrogens (tertiary/aromatic N) is 4. The SMILES string of the molecule is CN(C)CCOc1ccc(-c2cccc3cnc(Nc4ccc(C5CNCCO5)nc4)nc23)cc1. The minimum absolute atomic E-state index is 0.0120. The van der Waals surface area contributed by atoms with Gasteiger partial charge in [-0.25, -0.2) is 9.97 Å². The second-order valence-corrected chi connectivity index (χ2v) is 8.77. The quantitative estimate of drug-likeness (QED) is 0.399. The van der Waals surface area contributed by atoms with Gasteiger partial charge >= 0.3 is 0 Å². The summed E-state index contributed by atoms with van der Waals surface area (Å²) in [5.41, 5.74) is 4.75. The number of nitrogens with one attached hydrogen (secondary N) is 2. The van der Waals surface area contributed by atoms with E-state index < -0.39 is 0 Å². The fourth-order valence-corrected chi connectivity index (χ4v) is 3.98. The third-order valence-electron chi connectivity index (χ3n) is 5.88. The van der Waals surface area contributed by atoms with Crippen LogP contribution in [0.1, 0.15) is 11.8 Å². The Labute approximate surface area is 205 Å². The van der Waals surface area contributed by atoms with Gasteiger partial charge in [0.15, 0.2) is 0 Å². The summed E-state index contributed by atoms with van der Waals surface area (Å²) < 4.78 is 11.6. The molecular formula is C27H30N6O2. The lowest BCUT2D eigenvalue weighted by atomic mass is 10.0. The lowest BCUT2D eigenvalue weighted by Crippen LogP contribution is -2.33. The van der Waals surface area contributed by atoms with Gasteiger partial charge in [0.25, 0.3) is 0 Å². The lowest BCUT2D eigenvalue weighted by Gasteiger charge is -2.23. The molecule has 1 aliphatic heterocycles. The number of ether oxygens (including phenoxy) is 2. The third-order valence-corrected chi connectivity index (χ3v) is 5.88. The number of likely N-dealkylation sites (N-methyl/N-ethyl adjacent to an activating group) is 1. The summed E-state index contributed by atoms with van der Waals surface area (Å²) in [4.78, 5) is 16.0. The molecule has 8 heteroatoms. The summed E-state index contributed by atoms with van der Waals surface area (Å²) in [6.07, 6.45) is 3.62. The average molecular weight is 471 g/mol. The molecule has 8 nitrogen and oxygen atoms in total. The second kappa shape index (κ2) is 10.8. The summed E-state index contributed by atoms with van der Waals surface area (Å²) in [6, 6.07) is 18.2. The predicted octanol–water partition coefficient (Wildman–Crippen LogP) is 4.04. The Morgan fingerprint density at radius 2 is 1.94 bits per heavy atom. The molecule has 1 fully saturated rings. The fraction of sp³-hybridized carbons (Fsp3) is 0.296. The van der Waals surface area contributed by atoms with E-state index in [9.17, 15) is 0 Å². The molecule has 4 aromatic rings. The maximum absolute atomic E-state index is 5.83. The van der Waals surface area contributed by atoms with E-state index in [1.807, 2.05) is 56.7 Å². The van der Waals surface area contributed by atoms with Crippen LogP contribution in [0.4, 0.5) is 11.6 Å². The van der Waals surface area contributed by atoms with Crippen LogP contribution >= 0.6 is 0 Å². The Hall–Kier alpha value is -3.59. The van der Waals surface area contributed by atoms with Gasteiger partial charge < -0.3 is 25.0 Å². The lowest BCUT2D eigenvalue weighted by molar-refractivity contribution is 0.0250. The van der Waals surface area contributed by atoms with Crippen molar-refractivity contribution >= 4 is 22.5 Å². The molecule has 2 aromatic carbocycles. The molecule has 5 rings (SSSR count). The molecule has 0 radical (unpaired) electrons. The van der Waals surface area contributed by atoms with Crippen LogP contribution in [0.2, 0.25) is 0 Å². The zero-order chi connectivity index (χ0) is 24.0. The Morgan fingerprint density at radius 3 is 2.69 bits per heavy atom. The largest absolute Gasteiger partial charge is 0.492 e. The van der Waals surface area contributed by atoms with Crippen molar-refractivity contribution in [3.8, 4) is 16.9 Å². The summed E-state index contributed by atoms with van der Waals surface area (Å²) in [7, 11) is 4.07. The molecule has 1 atom stereocenters. The van der Waals surface area contributed by atoms with Crippen molar-refractivity contribution < 1.29 is 9.47 Å². The van der Waals surface area contributed by atoms with Gasteiger partial charge in [-0.1, -0.05) is 30.3 Å². The van der Waals surface area contributed by atoms with Gasteiger partial charge in [-0.15, -0.1) is 0 Å². The first-order valence-corrected chi connectivity index (χ1v) is 11.8. The highest BCUT2D eigenvalue weighted by Crippen LogP contribution is 2.29. The second-order valence-electron chi connectivity index (χ2n) is 8.77. The fourth-order valence-electron chi connectivity index (χ4n) is 3.98. The minimum Gasteiger partial charge on any atom is -0.492 e. The van der Waals surface area contributed by atoms with Crippen molar-refractivity contribution in [2.75, 3.05) is 52.3 Å². The van der Waals surface area contributed by atoms with Gasteiger partial charge in [0, 0.05) is 36.8 Å². The van der Waals surface area contributed by atoms with E-state index in [0.717, 1.165) is 58.8 Å². The number of hydrogen-bond donors (Lipinski definition) is 2. The van der Waals surface area contributed by atoms with Crippen LogP contribution in [0.5, 0.6) is 5.75 Å². The number of pyridine rings is 1. The minimum atomic E-state index is -0.0120. The number of morpholine rings is 1. The Kier molecular flexibility index (Phi) is 7.13. The van der Waals surface area contributed by atoms with Crippen LogP contribution in [0.15, 0.2) is 67.0 Å². The number of fused-ring (bicyclic) bond motifs is 1. The van der Waals surface area contributed by atoms with Gasteiger partial charge in [-0.3, -0.25) is 4.98 Å². The first kappa shape index (κ1) is 23.2. The molecule has 1 aliphatic rings. The number of aromatic nitrogens is 3. The highest BCUT2D eigenvalue weighted by molar-refractivity contribution is 5.93. The van der Waals surface area contributed by atoms with E-state index in [2.05, 4.69) is 43.7 Å². The smallest absolute Gasteiger partial charge is 0.227 e. The van der Waals surface area contributed by atoms with E-state index >= 15 is 0 Å². The van der Waals surface area contributed by atoms with Crippen molar-refractivity contribution in [2.24, 2.45) is 0 Å². The summed E-state index contributed by atoms with van der Waals surface area (Å²) in [5, 5.41) is 7.59. The number of anilines is 2. The predicted molar refractivity (Wildman–Crippen MR) is 138 cm³/mol. The van der Waals surface area contributed by atoms with Crippen LogP contribution < -0.4 is 15.4 Å². The van der Waals surface area contributed by atoms with Crippen LogP contribution in [0.3, 0.4) is 0 Å². The van der Waals surface area contributed by atoms with Crippen molar-refractivity contribution in [1.82, 2.24) is 25.2 Å². The summed E-state index contributed by atoms with van der Waals surface area (Å²) >= 11 is 0. The Balaban J connectivity index is 1.33. The number of para-hydroxylation sites is 1. The van der Waals surface area contributed by atoms with E-state index in [1.54, 1.807) is 6.20 Å². The van der Waals surface area contributed by atoms with Gasteiger partial charge in [-0.2, -0.15) is 0 Å². The molecule has 35 heavy (non-hydrogen) atoms. The zero-order valence-electron chi connectivity index (χ0n) is 20.1. The van der Waals surface area contributed by atoms with Gasteiger partial charge in [0.05, 0.1) is 29.7 Å². The van der Waals surface area contributed by atoms with Crippen molar-refractivity contribution in [1.29, 1.82) is 0 Å². The van der Waals surface area contributed by atoms with E-state index in [4.69, 9.17) is 14.5 Å². The van der Waals surface area contributed by atoms with E-state index in [0.29, 0.717) is 19.2 Å². The molecule has 0 amide bonds. The molecular weight excluding hydrogens is 440 g/mol. The van der Waals surface area contributed by atoms with E-state index in [-0.39, 0.29) is 6.10 Å². The molecule has 1 saturated heterocycles.